The third-order valence-electron chi connectivity index (χ3n) is 4.27. The quantitative estimate of drug-likeness (QED) is 0.660. The molecule has 0 saturated heterocycles. The Kier molecular flexibility index (Phi) is 7.01. The summed E-state index contributed by atoms with van der Waals surface area (Å²) in [5.41, 5.74) is 0.118. The predicted octanol–water partition coefficient (Wildman–Crippen LogP) is 5.00. The molecular weight excluding hydrogens is 360 g/mol. The normalized spacial score (nSPS) is 23.1. The van der Waals surface area contributed by atoms with E-state index in [2.05, 4.69) is 12.1 Å². The Bertz CT molecular complexity index is 607. The van der Waals surface area contributed by atoms with E-state index in [1.165, 1.54) is 5.56 Å². The standard InChI is InChI=1S/C22H32O4S/c1-21(2,3)25-19(23)17-12-16(27-14-15-10-8-7-9-11-15)13-18(17)20(24)26-22(4,5)6/h7-11,16-18H,12-14H2,1-6H3. The number of carbonyl (C=O) groups is 2. The highest BCUT2D eigenvalue weighted by molar-refractivity contribution is 7.99. The van der Waals surface area contributed by atoms with E-state index < -0.39 is 23.0 Å². The van der Waals surface area contributed by atoms with Crippen LogP contribution in [0, 0.1) is 11.8 Å². The molecule has 1 fully saturated rings. The first-order chi connectivity index (χ1) is 12.4. The van der Waals surface area contributed by atoms with E-state index >= 15 is 0 Å². The summed E-state index contributed by atoms with van der Waals surface area (Å²) in [5.74, 6) is -0.588. The molecule has 1 aliphatic rings. The first-order valence-electron chi connectivity index (χ1n) is 9.56. The Labute approximate surface area is 167 Å². The van der Waals surface area contributed by atoms with Gasteiger partial charge in [-0.05, 0) is 59.9 Å². The molecule has 2 unspecified atom stereocenters. The van der Waals surface area contributed by atoms with Crippen LogP contribution in [0.5, 0.6) is 0 Å². The van der Waals surface area contributed by atoms with Crippen molar-refractivity contribution in [2.45, 2.75) is 76.6 Å². The van der Waals surface area contributed by atoms with Gasteiger partial charge in [-0.2, -0.15) is 11.8 Å². The minimum absolute atomic E-state index is 0.236. The molecule has 0 aliphatic heterocycles. The molecule has 0 N–H and O–H groups in total. The van der Waals surface area contributed by atoms with Gasteiger partial charge in [0.2, 0.25) is 0 Å². The molecule has 2 rings (SSSR count). The fourth-order valence-electron chi connectivity index (χ4n) is 3.19. The van der Waals surface area contributed by atoms with Gasteiger partial charge in [-0.1, -0.05) is 30.3 Å². The summed E-state index contributed by atoms with van der Waals surface area (Å²) in [6.07, 6.45) is 1.30. The van der Waals surface area contributed by atoms with Crippen LogP contribution in [0.2, 0.25) is 0 Å². The molecule has 0 heterocycles. The maximum absolute atomic E-state index is 12.7. The molecule has 27 heavy (non-hydrogen) atoms. The number of rotatable bonds is 5. The second kappa shape index (κ2) is 8.68. The molecular formula is C22H32O4S. The second-order valence-electron chi connectivity index (χ2n) is 9.17. The predicted molar refractivity (Wildman–Crippen MR) is 109 cm³/mol. The minimum Gasteiger partial charge on any atom is -0.460 e. The topological polar surface area (TPSA) is 52.6 Å². The molecule has 0 radical (unpaired) electrons. The molecule has 1 saturated carbocycles. The first kappa shape index (κ1) is 21.8. The Morgan fingerprint density at radius 1 is 0.889 bits per heavy atom. The van der Waals surface area contributed by atoms with Gasteiger partial charge in [0.15, 0.2) is 0 Å². The molecule has 2 atom stereocenters. The van der Waals surface area contributed by atoms with E-state index in [-0.39, 0.29) is 17.2 Å². The van der Waals surface area contributed by atoms with Gasteiger partial charge in [0, 0.05) is 11.0 Å². The van der Waals surface area contributed by atoms with Crippen LogP contribution in [0.3, 0.4) is 0 Å². The number of benzene rings is 1. The van der Waals surface area contributed by atoms with Gasteiger partial charge in [0.1, 0.15) is 11.2 Å². The smallest absolute Gasteiger partial charge is 0.310 e. The molecule has 0 aromatic heterocycles. The zero-order chi connectivity index (χ0) is 20.2. The van der Waals surface area contributed by atoms with Crippen LogP contribution in [0.15, 0.2) is 30.3 Å². The lowest BCUT2D eigenvalue weighted by molar-refractivity contribution is -0.171. The van der Waals surface area contributed by atoms with Crippen LogP contribution >= 0.6 is 11.8 Å². The maximum atomic E-state index is 12.7. The zero-order valence-electron chi connectivity index (χ0n) is 17.3. The Hall–Kier alpha value is -1.49. The van der Waals surface area contributed by atoms with E-state index in [4.69, 9.17) is 9.47 Å². The highest BCUT2D eigenvalue weighted by Gasteiger charge is 2.46. The molecule has 1 aromatic rings. The van der Waals surface area contributed by atoms with Crippen LogP contribution in [0.1, 0.15) is 59.9 Å². The number of carbonyl (C=O) groups excluding carboxylic acids is 2. The third-order valence-corrected chi connectivity index (χ3v) is 5.62. The molecule has 150 valence electrons. The molecule has 0 amide bonds. The van der Waals surface area contributed by atoms with E-state index in [0.717, 1.165) is 5.75 Å². The molecule has 0 spiro atoms. The second-order valence-corrected chi connectivity index (χ2v) is 10.5. The van der Waals surface area contributed by atoms with Gasteiger partial charge in [-0.3, -0.25) is 9.59 Å². The van der Waals surface area contributed by atoms with Gasteiger partial charge in [0.25, 0.3) is 0 Å². The Morgan fingerprint density at radius 2 is 1.33 bits per heavy atom. The van der Waals surface area contributed by atoms with E-state index in [1.54, 1.807) is 11.8 Å². The minimum atomic E-state index is -0.565. The average molecular weight is 393 g/mol. The van der Waals surface area contributed by atoms with Crippen molar-refractivity contribution in [3.05, 3.63) is 35.9 Å². The van der Waals surface area contributed by atoms with Crippen LogP contribution < -0.4 is 0 Å². The first-order valence-corrected chi connectivity index (χ1v) is 10.6. The van der Waals surface area contributed by atoms with Gasteiger partial charge in [-0.15, -0.1) is 0 Å². The van der Waals surface area contributed by atoms with Gasteiger partial charge in [0.05, 0.1) is 11.8 Å². The summed E-state index contributed by atoms with van der Waals surface area (Å²) in [5, 5.41) is 0.236. The highest BCUT2D eigenvalue weighted by atomic mass is 32.2. The number of hydrogen-bond acceptors (Lipinski definition) is 5. The zero-order valence-corrected chi connectivity index (χ0v) is 18.1. The van der Waals surface area contributed by atoms with Crippen molar-refractivity contribution in [3.8, 4) is 0 Å². The van der Waals surface area contributed by atoms with Crippen molar-refractivity contribution in [2.75, 3.05) is 0 Å². The Balaban J connectivity index is 2.07. The third kappa shape index (κ3) is 7.21. The van der Waals surface area contributed by atoms with Crippen molar-refractivity contribution in [2.24, 2.45) is 11.8 Å². The van der Waals surface area contributed by atoms with Gasteiger partial charge >= 0.3 is 11.9 Å². The molecule has 1 aliphatic carbocycles. The van der Waals surface area contributed by atoms with Crippen LogP contribution in [0.4, 0.5) is 0 Å². The van der Waals surface area contributed by atoms with Crippen molar-refractivity contribution in [1.82, 2.24) is 0 Å². The van der Waals surface area contributed by atoms with Crippen molar-refractivity contribution >= 4 is 23.7 Å². The fourth-order valence-corrected chi connectivity index (χ4v) is 4.50. The number of ether oxygens (including phenoxy) is 2. The highest BCUT2D eigenvalue weighted by Crippen LogP contribution is 2.42. The largest absolute Gasteiger partial charge is 0.460 e. The van der Waals surface area contributed by atoms with E-state index in [1.807, 2.05) is 59.7 Å². The SMILES string of the molecule is CC(C)(C)OC(=O)C1CC(SCc2ccccc2)CC1C(=O)OC(C)(C)C. The summed E-state index contributed by atoms with van der Waals surface area (Å²) < 4.78 is 11.2. The van der Waals surface area contributed by atoms with Crippen molar-refractivity contribution in [1.29, 1.82) is 0 Å². The summed E-state index contributed by atoms with van der Waals surface area (Å²) in [6.45, 7) is 11.1. The van der Waals surface area contributed by atoms with Gasteiger partial charge in [-0.25, -0.2) is 0 Å². The van der Waals surface area contributed by atoms with Crippen LogP contribution in [-0.4, -0.2) is 28.4 Å². The van der Waals surface area contributed by atoms with Crippen LogP contribution in [-0.2, 0) is 24.8 Å². The lowest BCUT2D eigenvalue weighted by Gasteiger charge is -2.26. The van der Waals surface area contributed by atoms with Gasteiger partial charge < -0.3 is 9.47 Å². The van der Waals surface area contributed by atoms with Crippen molar-refractivity contribution < 1.29 is 19.1 Å². The van der Waals surface area contributed by atoms with E-state index in [9.17, 15) is 9.59 Å². The van der Waals surface area contributed by atoms with Crippen LogP contribution in [0.25, 0.3) is 0 Å². The molecule has 1 aromatic carbocycles. The van der Waals surface area contributed by atoms with E-state index in [0.29, 0.717) is 12.8 Å². The number of esters is 2. The lowest BCUT2D eigenvalue weighted by atomic mass is 9.95. The molecule has 4 nitrogen and oxygen atoms in total. The fraction of sp³-hybridized carbons (Fsp3) is 0.636. The monoisotopic (exact) mass is 392 g/mol. The average Bonchev–Trinajstić information content (AvgIpc) is 2.95. The Morgan fingerprint density at radius 3 is 1.74 bits per heavy atom. The summed E-state index contributed by atoms with van der Waals surface area (Å²) in [6, 6.07) is 10.2. The number of thioether (sulfide) groups is 1. The molecule has 5 heteroatoms. The summed E-state index contributed by atoms with van der Waals surface area (Å²) in [4.78, 5) is 25.4. The lowest BCUT2D eigenvalue weighted by Crippen LogP contribution is -2.36. The van der Waals surface area contributed by atoms with Crippen molar-refractivity contribution in [3.63, 3.8) is 0 Å². The number of hydrogen-bond donors (Lipinski definition) is 0. The summed E-state index contributed by atoms with van der Waals surface area (Å²) in [7, 11) is 0. The summed E-state index contributed by atoms with van der Waals surface area (Å²) >= 11 is 1.80. The maximum Gasteiger partial charge on any atom is 0.310 e. The molecule has 0 bridgehead atoms.